The highest BCUT2D eigenvalue weighted by Gasteiger charge is 2.33. The normalized spacial score (nSPS) is 18.2. The number of carbonyl (C=O) groups excluding carboxylic acids is 1. The molecule has 0 bridgehead atoms. The Morgan fingerprint density at radius 3 is 2.70 bits per heavy atom. The van der Waals surface area contributed by atoms with Gasteiger partial charge in [0.15, 0.2) is 0 Å². The molecule has 1 aliphatic heterocycles. The third kappa shape index (κ3) is 5.15. The molecule has 1 saturated heterocycles. The van der Waals surface area contributed by atoms with Gasteiger partial charge in [-0.1, -0.05) is 22.0 Å². The first-order valence-corrected chi connectivity index (χ1v) is 11.1. The summed E-state index contributed by atoms with van der Waals surface area (Å²) in [4.78, 5) is 17.0. The van der Waals surface area contributed by atoms with Crippen LogP contribution in [0, 0.1) is 5.92 Å². The van der Waals surface area contributed by atoms with E-state index in [2.05, 4.69) is 26.2 Å². The largest absolute Gasteiger partial charge is 0.355 e. The summed E-state index contributed by atoms with van der Waals surface area (Å²) in [5.41, 5.74) is 0.917. The summed E-state index contributed by atoms with van der Waals surface area (Å²) in [5, 5.41) is 2.91. The van der Waals surface area contributed by atoms with Gasteiger partial charge in [-0.2, -0.15) is 4.31 Å². The van der Waals surface area contributed by atoms with E-state index in [-0.39, 0.29) is 23.3 Å². The summed E-state index contributed by atoms with van der Waals surface area (Å²) in [5.74, 6) is -0.422. The van der Waals surface area contributed by atoms with Crippen molar-refractivity contribution in [1.82, 2.24) is 14.6 Å². The molecule has 8 heteroatoms. The predicted octanol–water partition coefficient (Wildman–Crippen LogP) is 2.60. The van der Waals surface area contributed by atoms with Gasteiger partial charge in [0.25, 0.3) is 0 Å². The van der Waals surface area contributed by atoms with Gasteiger partial charge in [0.1, 0.15) is 0 Å². The van der Waals surface area contributed by atoms with Crippen molar-refractivity contribution in [3.8, 4) is 0 Å². The Balaban J connectivity index is 1.58. The summed E-state index contributed by atoms with van der Waals surface area (Å²) >= 11 is 3.31. The first kappa shape index (κ1) is 20.0. The molecule has 0 spiro atoms. The van der Waals surface area contributed by atoms with Gasteiger partial charge in [0.2, 0.25) is 15.9 Å². The van der Waals surface area contributed by atoms with Gasteiger partial charge in [-0.25, -0.2) is 8.42 Å². The maximum absolute atomic E-state index is 12.8. The van der Waals surface area contributed by atoms with Crippen LogP contribution in [0.4, 0.5) is 0 Å². The Bertz CT molecular complexity index is 873. The van der Waals surface area contributed by atoms with Crippen molar-refractivity contribution >= 4 is 31.9 Å². The monoisotopic (exact) mass is 451 g/mol. The second kappa shape index (κ2) is 8.95. The van der Waals surface area contributed by atoms with E-state index >= 15 is 0 Å². The summed E-state index contributed by atoms with van der Waals surface area (Å²) in [7, 11) is -3.59. The molecular weight excluding hydrogens is 430 g/mol. The highest BCUT2D eigenvalue weighted by atomic mass is 79.9. The molecule has 0 aliphatic carbocycles. The van der Waals surface area contributed by atoms with Crippen molar-refractivity contribution in [2.45, 2.75) is 24.2 Å². The Labute approximate surface area is 168 Å². The van der Waals surface area contributed by atoms with E-state index in [4.69, 9.17) is 0 Å². The van der Waals surface area contributed by atoms with Crippen molar-refractivity contribution in [2.24, 2.45) is 5.92 Å². The van der Waals surface area contributed by atoms with Gasteiger partial charge >= 0.3 is 0 Å². The molecule has 27 heavy (non-hydrogen) atoms. The van der Waals surface area contributed by atoms with E-state index in [0.717, 1.165) is 10.2 Å². The number of rotatable bonds is 6. The fourth-order valence-corrected chi connectivity index (χ4v) is 4.92. The molecule has 0 saturated carbocycles. The molecule has 1 aromatic carbocycles. The van der Waals surface area contributed by atoms with E-state index < -0.39 is 10.0 Å². The van der Waals surface area contributed by atoms with Gasteiger partial charge in [-0.05, 0) is 49.2 Å². The van der Waals surface area contributed by atoms with Crippen LogP contribution in [0.15, 0.2) is 58.0 Å². The van der Waals surface area contributed by atoms with E-state index in [9.17, 15) is 13.2 Å². The number of sulfonamides is 1. The maximum atomic E-state index is 12.8. The summed E-state index contributed by atoms with van der Waals surface area (Å²) < 4.78 is 27.9. The van der Waals surface area contributed by atoms with Crippen LogP contribution in [0.3, 0.4) is 0 Å². The minimum Gasteiger partial charge on any atom is -0.355 e. The molecular formula is C19H22BrN3O3S. The van der Waals surface area contributed by atoms with Gasteiger partial charge in [-0.3, -0.25) is 9.78 Å². The maximum Gasteiger partial charge on any atom is 0.243 e. The fraction of sp³-hybridized carbons (Fsp3) is 0.368. The topological polar surface area (TPSA) is 79.4 Å². The Hall–Kier alpha value is -1.77. The van der Waals surface area contributed by atoms with Crippen molar-refractivity contribution in [2.75, 3.05) is 19.6 Å². The van der Waals surface area contributed by atoms with Gasteiger partial charge in [0.05, 0.1) is 10.8 Å². The number of benzene rings is 1. The summed E-state index contributed by atoms with van der Waals surface area (Å²) in [6, 6.07) is 12.3. The van der Waals surface area contributed by atoms with Crippen LogP contribution in [0.1, 0.15) is 18.5 Å². The number of hydrogen-bond acceptors (Lipinski definition) is 4. The minimum atomic E-state index is -3.59. The smallest absolute Gasteiger partial charge is 0.243 e. The molecule has 144 valence electrons. The lowest BCUT2D eigenvalue weighted by atomic mass is 9.99. The molecule has 1 unspecified atom stereocenters. The van der Waals surface area contributed by atoms with Crippen LogP contribution in [-0.2, 0) is 21.2 Å². The number of hydrogen-bond donors (Lipinski definition) is 1. The van der Waals surface area contributed by atoms with Crippen LogP contribution >= 0.6 is 15.9 Å². The van der Waals surface area contributed by atoms with Crippen LogP contribution < -0.4 is 5.32 Å². The SMILES string of the molecule is O=C(NCCc1ccccn1)C1CCCN(S(=O)(=O)c2ccc(Br)cc2)C1. The quantitative estimate of drug-likeness (QED) is 0.731. The summed E-state index contributed by atoms with van der Waals surface area (Å²) in [6.45, 7) is 1.15. The zero-order valence-electron chi connectivity index (χ0n) is 14.8. The Morgan fingerprint density at radius 1 is 1.22 bits per heavy atom. The molecule has 1 amide bonds. The van der Waals surface area contributed by atoms with E-state index in [1.807, 2.05) is 18.2 Å². The van der Waals surface area contributed by atoms with Crippen LogP contribution in [0.2, 0.25) is 0 Å². The number of amides is 1. The van der Waals surface area contributed by atoms with Crippen LogP contribution in [-0.4, -0.2) is 43.2 Å². The molecule has 1 fully saturated rings. The average molecular weight is 452 g/mol. The van der Waals surface area contributed by atoms with Crippen molar-refractivity contribution in [3.05, 3.63) is 58.8 Å². The minimum absolute atomic E-state index is 0.0957. The third-order valence-electron chi connectivity index (χ3n) is 4.61. The van der Waals surface area contributed by atoms with E-state index in [0.29, 0.717) is 32.4 Å². The number of pyridine rings is 1. The third-order valence-corrected chi connectivity index (χ3v) is 7.02. The van der Waals surface area contributed by atoms with E-state index in [1.165, 1.54) is 4.31 Å². The zero-order chi connectivity index (χ0) is 19.3. The molecule has 0 radical (unpaired) electrons. The highest BCUT2D eigenvalue weighted by molar-refractivity contribution is 9.10. The first-order valence-electron chi connectivity index (χ1n) is 8.90. The second-order valence-electron chi connectivity index (χ2n) is 6.52. The van der Waals surface area contributed by atoms with Crippen LogP contribution in [0.25, 0.3) is 0 Å². The Morgan fingerprint density at radius 2 is 2.00 bits per heavy atom. The lowest BCUT2D eigenvalue weighted by molar-refractivity contribution is -0.126. The molecule has 3 rings (SSSR count). The molecule has 6 nitrogen and oxygen atoms in total. The van der Waals surface area contributed by atoms with Gasteiger partial charge in [0, 0.05) is 42.4 Å². The lowest BCUT2D eigenvalue weighted by Gasteiger charge is -2.31. The summed E-state index contributed by atoms with van der Waals surface area (Å²) in [6.07, 6.45) is 3.75. The molecule has 1 aliphatic rings. The van der Waals surface area contributed by atoms with E-state index in [1.54, 1.807) is 30.5 Å². The highest BCUT2D eigenvalue weighted by Crippen LogP contribution is 2.25. The van der Waals surface area contributed by atoms with Crippen LogP contribution in [0.5, 0.6) is 0 Å². The Kier molecular flexibility index (Phi) is 6.62. The van der Waals surface area contributed by atoms with Crippen molar-refractivity contribution in [3.63, 3.8) is 0 Å². The average Bonchev–Trinajstić information content (AvgIpc) is 2.69. The number of nitrogens with one attached hydrogen (secondary N) is 1. The number of carbonyl (C=O) groups is 1. The lowest BCUT2D eigenvalue weighted by Crippen LogP contribution is -2.45. The molecule has 2 heterocycles. The van der Waals surface area contributed by atoms with Crippen molar-refractivity contribution in [1.29, 1.82) is 0 Å². The molecule has 1 atom stereocenters. The zero-order valence-corrected chi connectivity index (χ0v) is 17.2. The number of piperidine rings is 1. The van der Waals surface area contributed by atoms with Crippen molar-refractivity contribution < 1.29 is 13.2 Å². The van der Waals surface area contributed by atoms with Gasteiger partial charge < -0.3 is 5.32 Å². The number of aromatic nitrogens is 1. The number of nitrogens with zero attached hydrogens (tertiary/aromatic N) is 2. The molecule has 1 aromatic heterocycles. The molecule has 2 aromatic rings. The number of halogens is 1. The standard InChI is InChI=1S/C19H22BrN3O3S/c20-16-6-8-18(9-7-16)27(25,26)23-13-3-4-15(14-23)19(24)22-12-10-17-5-1-2-11-21-17/h1-2,5-9,11,15H,3-4,10,12-14H2,(H,22,24). The van der Waals surface area contributed by atoms with Gasteiger partial charge in [-0.15, -0.1) is 0 Å². The fourth-order valence-electron chi connectivity index (χ4n) is 3.13. The second-order valence-corrected chi connectivity index (χ2v) is 9.37. The predicted molar refractivity (Wildman–Crippen MR) is 107 cm³/mol. The first-order chi connectivity index (χ1) is 13.0. The molecule has 1 N–H and O–H groups in total.